The molecule has 0 saturated heterocycles. The molecule has 0 N–H and O–H groups in total. The van der Waals surface area contributed by atoms with E-state index in [0.717, 1.165) is 26.8 Å². The van der Waals surface area contributed by atoms with Crippen LogP contribution in [0.2, 0.25) is 0 Å². The molecule has 0 aliphatic heterocycles. The van der Waals surface area contributed by atoms with Gasteiger partial charge < -0.3 is 8.98 Å². The van der Waals surface area contributed by atoms with Gasteiger partial charge in [0, 0.05) is 19.4 Å². The van der Waals surface area contributed by atoms with Crippen LogP contribution in [-0.4, -0.2) is 24.7 Å². The molecule has 8 heteroatoms. The molecule has 3 heterocycles. The third kappa shape index (κ3) is 2.48. The maximum absolute atomic E-state index is 5.30. The van der Waals surface area contributed by atoms with Crippen molar-refractivity contribution in [3.05, 3.63) is 35.0 Å². The molecule has 102 valence electrons. The summed E-state index contributed by atoms with van der Waals surface area (Å²) < 4.78 is 8.04. The molecule has 0 amide bonds. The number of aromatic nitrogens is 5. The molecule has 0 radical (unpaired) electrons. The van der Waals surface area contributed by atoms with Crippen molar-refractivity contribution in [1.82, 2.24) is 24.7 Å². The van der Waals surface area contributed by atoms with E-state index in [9.17, 15) is 0 Å². The normalized spacial score (nSPS) is 10.9. The van der Waals surface area contributed by atoms with Gasteiger partial charge in [0.15, 0.2) is 16.1 Å². The van der Waals surface area contributed by atoms with E-state index in [1.807, 2.05) is 24.6 Å². The van der Waals surface area contributed by atoms with Crippen molar-refractivity contribution in [3.63, 3.8) is 0 Å². The molecule has 0 aliphatic carbocycles. The molecule has 0 spiro atoms. The zero-order valence-corrected chi connectivity index (χ0v) is 13.1. The van der Waals surface area contributed by atoms with Crippen LogP contribution >= 0.6 is 27.7 Å². The van der Waals surface area contributed by atoms with E-state index in [-0.39, 0.29) is 0 Å². The Morgan fingerprint density at radius 2 is 2.00 bits per heavy atom. The average molecular weight is 352 g/mol. The summed E-state index contributed by atoms with van der Waals surface area (Å²) in [7, 11) is 1.91. The SMILES string of the molecule is Cc1occc1-c1nnc(Sc2ncc(Br)cn2)n1C. The van der Waals surface area contributed by atoms with Gasteiger partial charge in [-0.15, -0.1) is 10.2 Å². The van der Waals surface area contributed by atoms with Gasteiger partial charge in [0.05, 0.1) is 16.3 Å². The van der Waals surface area contributed by atoms with Gasteiger partial charge >= 0.3 is 0 Å². The monoisotopic (exact) mass is 351 g/mol. The highest BCUT2D eigenvalue weighted by Crippen LogP contribution is 2.28. The van der Waals surface area contributed by atoms with Gasteiger partial charge in [-0.25, -0.2) is 9.97 Å². The predicted molar refractivity (Wildman–Crippen MR) is 77.3 cm³/mol. The first kappa shape index (κ1) is 13.3. The van der Waals surface area contributed by atoms with Gasteiger partial charge in [-0.1, -0.05) is 0 Å². The Kier molecular flexibility index (Phi) is 3.58. The molecule has 0 saturated carbocycles. The lowest BCUT2D eigenvalue weighted by molar-refractivity contribution is 0.534. The molecule has 0 aliphatic rings. The maximum atomic E-state index is 5.30. The van der Waals surface area contributed by atoms with E-state index in [1.165, 1.54) is 11.8 Å². The molecule has 0 bridgehead atoms. The van der Waals surface area contributed by atoms with Crippen molar-refractivity contribution in [2.75, 3.05) is 0 Å². The fourth-order valence-corrected chi connectivity index (χ4v) is 2.57. The molecule has 0 aromatic carbocycles. The van der Waals surface area contributed by atoms with Crippen LogP contribution in [0, 0.1) is 6.92 Å². The molecule has 0 atom stereocenters. The first-order chi connectivity index (χ1) is 9.65. The molecule has 6 nitrogen and oxygen atoms in total. The highest BCUT2D eigenvalue weighted by atomic mass is 79.9. The number of halogens is 1. The third-order valence-electron chi connectivity index (χ3n) is 2.71. The lowest BCUT2D eigenvalue weighted by Crippen LogP contribution is -1.95. The molecular formula is C12H10BrN5OS. The Bertz CT molecular complexity index is 737. The lowest BCUT2D eigenvalue weighted by Gasteiger charge is -2.02. The highest BCUT2D eigenvalue weighted by Gasteiger charge is 2.15. The molecule has 20 heavy (non-hydrogen) atoms. The number of hydrogen-bond donors (Lipinski definition) is 0. The standard InChI is InChI=1S/C12H10BrN5OS/c1-7-9(3-4-19-7)10-16-17-12(18(10)2)20-11-14-5-8(13)6-15-11/h3-6H,1-2H3. The summed E-state index contributed by atoms with van der Waals surface area (Å²) in [5.74, 6) is 1.58. The summed E-state index contributed by atoms with van der Waals surface area (Å²) in [5.41, 5.74) is 0.934. The topological polar surface area (TPSA) is 69.6 Å². The average Bonchev–Trinajstić information content (AvgIpc) is 3.00. The van der Waals surface area contributed by atoms with Crippen molar-refractivity contribution in [2.24, 2.45) is 7.05 Å². The highest BCUT2D eigenvalue weighted by molar-refractivity contribution is 9.10. The van der Waals surface area contributed by atoms with Crippen LogP contribution in [0.5, 0.6) is 0 Å². The fourth-order valence-electron chi connectivity index (χ4n) is 1.69. The van der Waals surface area contributed by atoms with Gasteiger partial charge in [-0.3, -0.25) is 0 Å². The fraction of sp³-hybridized carbons (Fsp3) is 0.167. The summed E-state index contributed by atoms with van der Waals surface area (Å²) in [4.78, 5) is 8.42. The second kappa shape index (κ2) is 5.37. The van der Waals surface area contributed by atoms with Crippen LogP contribution < -0.4 is 0 Å². The van der Waals surface area contributed by atoms with Crippen LogP contribution in [0.4, 0.5) is 0 Å². The van der Waals surface area contributed by atoms with Gasteiger partial charge in [0.2, 0.25) is 0 Å². The van der Waals surface area contributed by atoms with Gasteiger partial charge in [0.25, 0.3) is 0 Å². The molecule has 3 aromatic heterocycles. The van der Waals surface area contributed by atoms with Crippen LogP contribution in [-0.2, 0) is 7.05 Å². The summed E-state index contributed by atoms with van der Waals surface area (Å²) >= 11 is 4.67. The predicted octanol–water partition coefficient (Wildman–Crippen LogP) is 3.09. The molecule has 0 fully saturated rings. The first-order valence-electron chi connectivity index (χ1n) is 5.74. The van der Waals surface area contributed by atoms with E-state index >= 15 is 0 Å². The Labute approximate surface area is 127 Å². The number of hydrogen-bond acceptors (Lipinski definition) is 6. The number of furan rings is 1. The lowest BCUT2D eigenvalue weighted by atomic mass is 10.2. The molecule has 3 aromatic rings. The summed E-state index contributed by atoms with van der Waals surface area (Å²) in [6.45, 7) is 1.90. The summed E-state index contributed by atoms with van der Waals surface area (Å²) in [6.07, 6.45) is 5.05. The van der Waals surface area contributed by atoms with Crippen molar-refractivity contribution in [1.29, 1.82) is 0 Å². The van der Waals surface area contributed by atoms with Crippen LogP contribution in [0.15, 0.2) is 43.9 Å². The Morgan fingerprint density at radius 1 is 1.25 bits per heavy atom. The molecular weight excluding hydrogens is 342 g/mol. The van der Waals surface area contributed by atoms with Crippen LogP contribution in [0.25, 0.3) is 11.4 Å². The Hall–Kier alpha value is -1.67. The van der Waals surface area contributed by atoms with Crippen LogP contribution in [0.3, 0.4) is 0 Å². The van der Waals surface area contributed by atoms with E-state index < -0.39 is 0 Å². The number of aryl methyl sites for hydroxylation is 1. The van der Waals surface area contributed by atoms with Crippen molar-refractivity contribution < 1.29 is 4.42 Å². The minimum atomic E-state index is 0.624. The smallest absolute Gasteiger partial charge is 0.199 e. The molecule has 0 unspecified atom stereocenters. The number of rotatable bonds is 3. The largest absolute Gasteiger partial charge is 0.469 e. The zero-order valence-electron chi connectivity index (χ0n) is 10.7. The third-order valence-corrected chi connectivity index (χ3v) is 4.05. The van der Waals surface area contributed by atoms with Crippen LogP contribution in [0.1, 0.15) is 5.76 Å². The summed E-state index contributed by atoms with van der Waals surface area (Å²) in [6, 6.07) is 1.88. The second-order valence-electron chi connectivity index (χ2n) is 4.04. The van der Waals surface area contributed by atoms with Crippen molar-refractivity contribution >= 4 is 27.7 Å². The first-order valence-corrected chi connectivity index (χ1v) is 7.35. The second-order valence-corrected chi connectivity index (χ2v) is 5.89. The number of nitrogens with zero attached hydrogens (tertiary/aromatic N) is 5. The minimum Gasteiger partial charge on any atom is -0.469 e. The van der Waals surface area contributed by atoms with Crippen molar-refractivity contribution in [3.8, 4) is 11.4 Å². The molecule has 3 rings (SSSR count). The van der Waals surface area contributed by atoms with Crippen molar-refractivity contribution in [2.45, 2.75) is 17.2 Å². The minimum absolute atomic E-state index is 0.624. The van der Waals surface area contributed by atoms with E-state index in [0.29, 0.717) is 5.16 Å². The Morgan fingerprint density at radius 3 is 2.65 bits per heavy atom. The zero-order chi connectivity index (χ0) is 14.1. The van der Waals surface area contributed by atoms with Gasteiger partial charge in [-0.05, 0) is 40.7 Å². The van der Waals surface area contributed by atoms with E-state index in [2.05, 4.69) is 36.1 Å². The quantitative estimate of drug-likeness (QED) is 0.675. The maximum Gasteiger partial charge on any atom is 0.199 e. The van der Waals surface area contributed by atoms with Gasteiger partial charge in [-0.2, -0.15) is 0 Å². The van der Waals surface area contributed by atoms with E-state index in [4.69, 9.17) is 4.42 Å². The van der Waals surface area contributed by atoms with E-state index in [1.54, 1.807) is 18.7 Å². The Balaban J connectivity index is 1.91. The van der Waals surface area contributed by atoms with Gasteiger partial charge in [0.1, 0.15) is 5.76 Å². The summed E-state index contributed by atoms with van der Waals surface area (Å²) in [5, 5.41) is 9.72.